The minimum atomic E-state index is -0.500. The van der Waals surface area contributed by atoms with Crippen molar-refractivity contribution in [1.29, 1.82) is 0 Å². The van der Waals surface area contributed by atoms with Crippen LogP contribution in [0.5, 0.6) is 11.5 Å². The monoisotopic (exact) mass is 555 g/mol. The van der Waals surface area contributed by atoms with Crippen LogP contribution in [-0.4, -0.2) is 30.6 Å². The molecule has 0 heterocycles. The molecule has 4 rings (SSSR count). The highest BCUT2D eigenvalue weighted by molar-refractivity contribution is 6.34. The van der Waals surface area contributed by atoms with Gasteiger partial charge in [0, 0.05) is 11.3 Å². The molecule has 4 aromatic carbocycles. The van der Waals surface area contributed by atoms with Gasteiger partial charge in [0.15, 0.2) is 11.5 Å². The van der Waals surface area contributed by atoms with E-state index in [1.54, 1.807) is 72.8 Å². The molecule has 4 aromatic rings. The Morgan fingerprint density at radius 2 is 1.62 bits per heavy atom. The van der Waals surface area contributed by atoms with Crippen molar-refractivity contribution in [3.05, 3.63) is 124 Å². The molecule has 0 aromatic heterocycles. The molecule has 0 saturated heterocycles. The second kappa shape index (κ2) is 13.2. The second-order valence-electron chi connectivity index (χ2n) is 8.61. The molecule has 0 radical (unpaired) electrons. The number of carbonyl (C=O) groups is 3. The molecule has 0 bridgehead atoms. The summed E-state index contributed by atoms with van der Waals surface area (Å²) in [6, 6.07) is 25.1. The van der Waals surface area contributed by atoms with Gasteiger partial charge in [-0.25, -0.2) is 10.2 Å². The summed E-state index contributed by atoms with van der Waals surface area (Å²) in [4.78, 5) is 37.7. The maximum Gasteiger partial charge on any atom is 0.343 e. The van der Waals surface area contributed by atoms with Crippen molar-refractivity contribution in [1.82, 2.24) is 5.43 Å². The van der Waals surface area contributed by atoms with Gasteiger partial charge in [-0.05, 0) is 80.1 Å². The van der Waals surface area contributed by atoms with E-state index in [1.165, 1.54) is 12.3 Å². The Balaban J connectivity index is 1.40. The molecular formula is C31H26ClN3O5. The lowest BCUT2D eigenvalue weighted by Gasteiger charge is -2.11. The third-order valence-corrected chi connectivity index (χ3v) is 5.97. The zero-order valence-corrected chi connectivity index (χ0v) is 22.6. The zero-order chi connectivity index (χ0) is 28.5. The smallest absolute Gasteiger partial charge is 0.343 e. The number of anilines is 1. The molecule has 0 aliphatic rings. The summed E-state index contributed by atoms with van der Waals surface area (Å²) in [6.45, 7) is 4.11. The van der Waals surface area contributed by atoms with Crippen molar-refractivity contribution in [3.8, 4) is 11.5 Å². The summed E-state index contributed by atoms with van der Waals surface area (Å²) in [5.41, 5.74) is 5.58. The lowest BCUT2D eigenvalue weighted by molar-refractivity contribution is 0.0728. The molecule has 0 unspecified atom stereocenters. The van der Waals surface area contributed by atoms with Crippen molar-refractivity contribution in [3.63, 3.8) is 0 Å². The predicted molar refractivity (Wildman–Crippen MR) is 155 cm³/mol. The quantitative estimate of drug-likeness (QED) is 0.109. The number of nitrogens with zero attached hydrogens (tertiary/aromatic N) is 1. The Hall–Kier alpha value is -4.95. The molecule has 0 atom stereocenters. The van der Waals surface area contributed by atoms with Crippen LogP contribution < -0.4 is 20.2 Å². The van der Waals surface area contributed by atoms with Crippen LogP contribution in [0.25, 0.3) is 0 Å². The van der Waals surface area contributed by atoms with E-state index >= 15 is 0 Å². The Kier molecular flexibility index (Phi) is 9.27. The van der Waals surface area contributed by atoms with E-state index in [0.29, 0.717) is 45.3 Å². The summed E-state index contributed by atoms with van der Waals surface area (Å²) in [5, 5.41) is 7.08. The van der Waals surface area contributed by atoms with E-state index < -0.39 is 11.9 Å². The fourth-order valence-corrected chi connectivity index (χ4v) is 3.84. The van der Waals surface area contributed by atoms with Crippen molar-refractivity contribution >= 4 is 41.3 Å². The molecule has 0 spiro atoms. The number of nitrogens with one attached hydrogen (secondary N) is 2. The van der Waals surface area contributed by atoms with Gasteiger partial charge in [0.1, 0.15) is 0 Å². The molecule has 202 valence electrons. The lowest BCUT2D eigenvalue weighted by atomic mass is 10.1. The van der Waals surface area contributed by atoms with Crippen molar-refractivity contribution < 1.29 is 23.9 Å². The average molecular weight is 556 g/mol. The first-order valence-electron chi connectivity index (χ1n) is 12.4. The number of halogens is 1. The van der Waals surface area contributed by atoms with Crippen molar-refractivity contribution in [2.24, 2.45) is 5.10 Å². The number of amides is 2. The van der Waals surface area contributed by atoms with Gasteiger partial charge >= 0.3 is 5.97 Å². The van der Waals surface area contributed by atoms with Crippen LogP contribution in [0.2, 0.25) is 5.02 Å². The molecule has 0 saturated carbocycles. The Bertz CT molecular complexity index is 1570. The number of hydrogen-bond acceptors (Lipinski definition) is 6. The van der Waals surface area contributed by atoms with Crippen LogP contribution in [0.4, 0.5) is 5.69 Å². The molecule has 2 amide bonds. The maximum absolute atomic E-state index is 12.7. The van der Waals surface area contributed by atoms with Crippen LogP contribution in [0.15, 0.2) is 96.1 Å². The summed E-state index contributed by atoms with van der Waals surface area (Å²) in [6.07, 6.45) is 1.44. The fourth-order valence-electron chi connectivity index (χ4n) is 3.62. The number of ether oxygens (including phenoxy) is 2. The molecule has 2 N–H and O–H groups in total. The van der Waals surface area contributed by atoms with Crippen LogP contribution in [-0.2, 0) is 0 Å². The van der Waals surface area contributed by atoms with E-state index in [4.69, 9.17) is 21.1 Å². The number of rotatable bonds is 9. The maximum atomic E-state index is 12.7. The largest absolute Gasteiger partial charge is 0.490 e. The van der Waals surface area contributed by atoms with E-state index in [2.05, 4.69) is 15.8 Å². The second-order valence-corrected chi connectivity index (χ2v) is 9.02. The van der Waals surface area contributed by atoms with Gasteiger partial charge in [-0.15, -0.1) is 0 Å². The van der Waals surface area contributed by atoms with E-state index in [9.17, 15) is 14.4 Å². The summed E-state index contributed by atoms with van der Waals surface area (Å²) in [7, 11) is 0. The first-order valence-corrected chi connectivity index (χ1v) is 12.8. The average Bonchev–Trinajstić information content (AvgIpc) is 2.95. The minimum Gasteiger partial charge on any atom is -0.490 e. The topological polar surface area (TPSA) is 106 Å². The molecular weight excluding hydrogens is 530 g/mol. The van der Waals surface area contributed by atoms with Gasteiger partial charge < -0.3 is 14.8 Å². The zero-order valence-electron chi connectivity index (χ0n) is 21.8. The normalized spacial score (nSPS) is 10.7. The molecule has 0 aliphatic carbocycles. The highest BCUT2D eigenvalue weighted by atomic mass is 35.5. The standard InChI is InChI=1S/C31H26ClN3O5/c1-3-39-28-17-21(13-16-27(28)40-31(38)22-14-11-20(2)12-15-22)19-33-35-29(36)23-7-6-8-24(18-23)34-30(37)25-9-4-5-10-26(25)32/h4-19H,3H2,1-2H3,(H,34,37)(H,35,36). The molecule has 8 nitrogen and oxygen atoms in total. The highest BCUT2D eigenvalue weighted by Crippen LogP contribution is 2.29. The van der Waals surface area contributed by atoms with E-state index in [1.807, 2.05) is 26.0 Å². The first kappa shape index (κ1) is 28.1. The van der Waals surface area contributed by atoms with Crippen molar-refractivity contribution in [2.45, 2.75) is 13.8 Å². The van der Waals surface area contributed by atoms with Gasteiger partial charge in [-0.2, -0.15) is 5.10 Å². The van der Waals surface area contributed by atoms with Gasteiger partial charge in [0.2, 0.25) is 0 Å². The number of esters is 1. The summed E-state index contributed by atoms with van der Waals surface area (Å²) < 4.78 is 11.2. The number of hydrazone groups is 1. The first-order chi connectivity index (χ1) is 19.3. The van der Waals surface area contributed by atoms with Crippen LogP contribution >= 0.6 is 11.6 Å². The molecule has 0 aliphatic heterocycles. The van der Waals surface area contributed by atoms with Gasteiger partial charge in [0.05, 0.1) is 29.0 Å². The third kappa shape index (κ3) is 7.33. The summed E-state index contributed by atoms with van der Waals surface area (Å²) >= 11 is 6.09. The SMILES string of the molecule is CCOc1cc(C=NNC(=O)c2cccc(NC(=O)c3ccccc3Cl)c2)ccc1OC(=O)c1ccc(C)cc1. The molecule has 9 heteroatoms. The van der Waals surface area contributed by atoms with Crippen LogP contribution in [0, 0.1) is 6.92 Å². The number of hydrogen-bond donors (Lipinski definition) is 2. The van der Waals surface area contributed by atoms with Gasteiger partial charge in [-0.3, -0.25) is 9.59 Å². The minimum absolute atomic E-state index is 0.268. The van der Waals surface area contributed by atoms with E-state index in [-0.39, 0.29) is 11.7 Å². The third-order valence-electron chi connectivity index (χ3n) is 5.64. The van der Waals surface area contributed by atoms with Crippen LogP contribution in [0.1, 0.15) is 49.1 Å². The number of benzene rings is 4. The lowest BCUT2D eigenvalue weighted by Crippen LogP contribution is -2.18. The van der Waals surface area contributed by atoms with Gasteiger partial charge in [0.25, 0.3) is 11.8 Å². The van der Waals surface area contributed by atoms with Crippen molar-refractivity contribution in [2.75, 3.05) is 11.9 Å². The fraction of sp³-hybridized carbons (Fsp3) is 0.0968. The molecule has 40 heavy (non-hydrogen) atoms. The highest BCUT2D eigenvalue weighted by Gasteiger charge is 2.14. The molecule has 0 fully saturated rings. The number of aryl methyl sites for hydroxylation is 1. The Labute approximate surface area is 236 Å². The van der Waals surface area contributed by atoms with Crippen LogP contribution in [0.3, 0.4) is 0 Å². The van der Waals surface area contributed by atoms with Gasteiger partial charge in [-0.1, -0.05) is 47.5 Å². The van der Waals surface area contributed by atoms with E-state index in [0.717, 1.165) is 5.56 Å². The predicted octanol–water partition coefficient (Wildman–Crippen LogP) is 6.28. The Morgan fingerprint density at radius 3 is 2.38 bits per heavy atom. The Morgan fingerprint density at radius 1 is 0.850 bits per heavy atom. The number of carbonyl (C=O) groups excluding carboxylic acids is 3. The summed E-state index contributed by atoms with van der Waals surface area (Å²) in [5.74, 6) is -0.734.